The van der Waals surface area contributed by atoms with Gasteiger partial charge in [-0.1, -0.05) is 0 Å². The summed E-state index contributed by atoms with van der Waals surface area (Å²) < 4.78 is 6.38. The van der Waals surface area contributed by atoms with E-state index in [0.29, 0.717) is 0 Å². The number of nitrogens with zero attached hydrogens (tertiary/aromatic N) is 1. The number of hydrogen-bond donors (Lipinski definition) is 2. The Morgan fingerprint density at radius 3 is 2.69 bits per heavy atom. The number of nitrogens with one attached hydrogen (secondary N) is 1. The van der Waals surface area contributed by atoms with E-state index < -0.39 is 0 Å². The van der Waals surface area contributed by atoms with Gasteiger partial charge in [0.05, 0.1) is 11.6 Å². The summed E-state index contributed by atoms with van der Waals surface area (Å²) in [4.78, 5) is 4.32. The Balaban J connectivity index is 2.74. The summed E-state index contributed by atoms with van der Waals surface area (Å²) in [5, 5.41) is 0. The van der Waals surface area contributed by atoms with Gasteiger partial charge in [0, 0.05) is 29.9 Å². The molecule has 0 aliphatic rings. The first-order chi connectivity index (χ1) is 7.49. The predicted octanol–water partition coefficient (Wildman–Crippen LogP) is 1.64. The highest BCUT2D eigenvalue weighted by molar-refractivity contribution is 9.10. The monoisotopic (exact) mass is 287 g/mol. The molecule has 0 radical (unpaired) electrons. The van der Waals surface area contributed by atoms with E-state index in [0.717, 1.165) is 16.6 Å². The SMILES string of the molecule is COC(C)(C)C(Cc1ccc(Br)cn1)NN. The van der Waals surface area contributed by atoms with Crippen molar-refractivity contribution in [3.63, 3.8) is 0 Å². The van der Waals surface area contributed by atoms with Gasteiger partial charge in [-0.05, 0) is 41.9 Å². The highest BCUT2D eigenvalue weighted by Gasteiger charge is 2.28. The van der Waals surface area contributed by atoms with Gasteiger partial charge in [0.25, 0.3) is 0 Å². The summed E-state index contributed by atoms with van der Waals surface area (Å²) in [6, 6.07) is 3.96. The van der Waals surface area contributed by atoms with E-state index in [1.54, 1.807) is 13.3 Å². The van der Waals surface area contributed by atoms with Gasteiger partial charge >= 0.3 is 0 Å². The van der Waals surface area contributed by atoms with Gasteiger partial charge in [-0.25, -0.2) is 0 Å². The molecule has 1 aromatic heterocycles. The first-order valence-electron chi connectivity index (χ1n) is 5.11. The van der Waals surface area contributed by atoms with Crippen molar-refractivity contribution in [3.8, 4) is 0 Å². The summed E-state index contributed by atoms with van der Waals surface area (Å²) in [6.45, 7) is 3.99. The standard InChI is InChI=1S/C11H18BrN3O/c1-11(2,16-3)10(15-13)6-9-5-4-8(12)7-14-9/h4-5,7,10,15H,6,13H2,1-3H3. The highest BCUT2D eigenvalue weighted by Crippen LogP contribution is 2.17. The van der Waals surface area contributed by atoms with E-state index in [2.05, 4.69) is 26.3 Å². The quantitative estimate of drug-likeness (QED) is 0.639. The van der Waals surface area contributed by atoms with Crippen molar-refractivity contribution in [2.45, 2.75) is 31.9 Å². The fourth-order valence-electron chi connectivity index (χ4n) is 1.38. The molecular weight excluding hydrogens is 270 g/mol. The van der Waals surface area contributed by atoms with Gasteiger partial charge in [-0.3, -0.25) is 16.3 Å². The molecule has 4 nitrogen and oxygen atoms in total. The average molecular weight is 288 g/mol. The van der Waals surface area contributed by atoms with E-state index in [4.69, 9.17) is 10.6 Å². The number of methoxy groups -OCH3 is 1. The third kappa shape index (κ3) is 3.52. The molecule has 0 spiro atoms. The molecule has 0 saturated carbocycles. The maximum Gasteiger partial charge on any atom is 0.0792 e. The topological polar surface area (TPSA) is 60.2 Å². The zero-order chi connectivity index (χ0) is 12.2. The van der Waals surface area contributed by atoms with Crippen molar-refractivity contribution in [2.75, 3.05) is 7.11 Å². The van der Waals surface area contributed by atoms with Crippen molar-refractivity contribution in [1.82, 2.24) is 10.4 Å². The Morgan fingerprint density at radius 2 is 2.25 bits per heavy atom. The number of hydrazine groups is 1. The Bertz CT molecular complexity index is 327. The molecule has 1 heterocycles. The Kier molecular flexibility index (Phi) is 4.86. The zero-order valence-electron chi connectivity index (χ0n) is 9.83. The molecule has 16 heavy (non-hydrogen) atoms. The number of ether oxygens (including phenoxy) is 1. The average Bonchev–Trinajstić information content (AvgIpc) is 2.28. The molecule has 5 heteroatoms. The van der Waals surface area contributed by atoms with E-state index >= 15 is 0 Å². The van der Waals surface area contributed by atoms with E-state index in [9.17, 15) is 0 Å². The second kappa shape index (κ2) is 5.72. The molecule has 0 aliphatic heterocycles. The number of pyridine rings is 1. The molecule has 0 fully saturated rings. The third-order valence-electron chi connectivity index (χ3n) is 2.77. The molecule has 0 saturated heterocycles. The van der Waals surface area contributed by atoms with Crippen LogP contribution < -0.4 is 11.3 Å². The summed E-state index contributed by atoms with van der Waals surface area (Å²) >= 11 is 3.35. The molecule has 0 bridgehead atoms. The molecule has 3 N–H and O–H groups in total. The van der Waals surface area contributed by atoms with Crippen LogP contribution in [0.25, 0.3) is 0 Å². The minimum Gasteiger partial charge on any atom is -0.377 e. The van der Waals surface area contributed by atoms with Crippen LogP contribution in [0.2, 0.25) is 0 Å². The summed E-state index contributed by atoms with van der Waals surface area (Å²) in [7, 11) is 1.68. The number of halogens is 1. The predicted molar refractivity (Wildman–Crippen MR) is 67.8 cm³/mol. The molecular formula is C11H18BrN3O. The lowest BCUT2D eigenvalue weighted by atomic mass is 9.94. The number of nitrogens with two attached hydrogens (primary N) is 1. The van der Waals surface area contributed by atoms with Gasteiger partial charge in [0.2, 0.25) is 0 Å². The highest BCUT2D eigenvalue weighted by atomic mass is 79.9. The molecule has 1 unspecified atom stereocenters. The summed E-state index contributed by atoms with van der Waals surface area (Å²) in [5.74, 6) is 5.55. The van der Waals surface area contributed by atoms with E-state index in [1.807, 2.05) is 26.0 Å². The summed E-state index contributed by atoms with van der Waals surface area (Å²) in [6.07, 6.45) is 2.51. The zero-order valence-corrected chi connectivity index (χ0v) is 11.4. The molecule has 1 rings (SSSR count). The van der Waals surface area contributed by atoms with Gasteiger partial charge in [0.1, 0.15) is 0 Å². The Labute approximate surface area is 105 Å². The van der Waals surface area contributed by atoms with Crippen LogP contribution in [-0.2, 0) is 11.2 Å². The normalized spacial score (nSPS) is 13.8. The van der Waals surface area contributed by atoms with Crippen LogP contribution in [0.5, 0.6) is 0 Å². The second-order valence-corrected chi connectivity index (χ2v) is 5.11. The number of hydrogen-bond acceptors (Lipinski definition) is 4. The van der Waals surface area contributed by atoms with Gasteiger partial charge in [-0.15, -0.1) is 0 Å². The van der Waals surface area contributed by atoms with Crippen LogP contribution >= 0.6 is 15.9 Å². The second-order valence-electron chi connectivity index (χ2n) is 4.20. The van der Waals surface area contributed by atoms with E-state index in [-0.39, 0.29) is 11.6 Å². The maximum absolute atomic E-state index is 5.55. The Morgan fingerprint density at radius 1 is 1.56 bits per heavy atom. The van der Waals surface area contributed by atoms with Gasteiger partial charge < -0.3 is 4.74 Å². The van der Waals surface area contributed by atoms with Crippen LogP contribution in [0.15, 0.2) is 22.8 Å². The lowest BCUT2D eigenvalue weighted by Crippen LogP contribution is -2.52. The molecule has 90 valence electrons. The first-order valence-corrected chi connectivity index (χ1v) is 5.90. The molecule has 0 amide bonds. The smallest absolute Gasteiger partial charge is 0.0792 e. The van der Waals surface area contributed by atoms with Gasteiger partial charge in [0.15, 0.2) is 0 Å². The van der Waals surface area contributed by atoms with Crippen LogP contribution in [0.3, 0.4) is 0 Å². The van der Waals surface area contributed by atoms with Crippen LogP contribution in [-0.4, -0.2) is 23.7 Å². The lowest BCUT2D eigenvalue weighted by molar-refractivity contribution is -0.0103. The first kappa shape index (κ1) is 13.6. The minimum absolute atomic E-state index is 0.0196. The van der Waals surface area contributed by atoms with Gasteiger partial charge in [-0.2, -0.15) is 0 Å². The van der Waals surface area contributed by atoms with Crippen LogP contribution in [0.1, 0.15) is 19.5 Å². The van der Waals surface area contributed by atoms with Crippen molar-refractivity contribution < 1.29 is 4.74 Å². The van der Waals surface area contributed by atoms with E-state index in [1.165, 1.54) is 0 Å². The largest absolute Gasteiger partial charge is 0.377 e. The molecule has 1 aromatic rings. The van der Waals surface area contributed by atoms with Crippen molar-refractivity contribution in [1.29, 1.82) is 0 Å². The summed E-state index contributed by atoms with van der Waals surface area (Å²) in [5.41, 5.74) is 3.43. The van der Waals surface area contributed by atoms with Crippen molar-refractivity contribution in [3.05, 3.63) is 28.5 Å². The lowest BCUT2D eigenvalue weighted by Gasteiger charge is -2.32. The van der Waals surface area contributed by atoms with Crippen molar-refractivity contribution in [2.24, 2.45) is 5.84 Å². The number of aromatic nitrogens is 1. The third-order valence-corrected chi connectivity index (χ3v) is 3.24. The molecule has 1 atom stereocenters. The molecule has 0 aliphatic carbocycles. The Hall–Kier alpha value is -0.490. The fourth-order valence-corrected chi connectivity index (χ4v) is 1.62. The maximum atomic E-state index is 5.55. The van der Waals surface area contributed by atoms with Crippen LogP contribution in [0, 0.1) is 0 Å². The fraction of sp³-hybridized carbons (Fsp3) is 0.545. The molecule has 0 aromatic carbocycles. The minimum atomic E-state index is -0.330. The van der Waals surface area contributed by atoms with Crippen molar-refractivity contribution >= 4 is 15.9 Å². The van der Waals surface area contributed by atoms with Crippen LogP contribution in [0.4, 0.5) is 0 Å². The number of rotatable bonds is 5.